The highest BCUT2D eigenvalue weighted by Gasteiger charge is 2.41. The second-order valence-electron chi connectivity index (χ2n) is 8.98. The lowest BCUT2D eigenvalue weighted by Gasteiger charge is -2.28. The lowest BCUT2D eigenvalue weighted by Crippen LogP contribution is -2.39. The molecule has 0 spiro atoms. The zero-order chi connectivity index (χ0) is 24.0. The van der Waals surface area contributed by atoms with Crippen LogP contribution in [0.5, 0.6) is 5.75 Å². The molecule has 2 fully saturated rings. The average molecular weight is 475 g/mol. The van der Waals surface area contributed by atoms with Crippen molar-refractivity contribution >= 4 is 11.6 Å². The highest BCUT2D eigenvalue weighted by Crippen LogP contribution is 2.41. The van der Waals surface area contributed by atoms with Gasteiger partial charge in [0.15, 0.2) is 17.1 Å². The SMILES string of the molecule is Cc1cc(C(=O)NC2CCOCC2)c(O)c2nc(C(F)(F)F)c(CC3CCC(F)(F)CC3)n12. The van der Waals surface area contributed by atoms with Gasteiger partial charge in [-0.1, -0.05) is 0 Å². The molecular weight excluding hydrogens is 449 g/mol. The number of alkyl halides is 5. The number of aryl methyl sites for hydroxylation is 1. The molecule has 4 rings (SSSR count). The molecule has 1 saturated carbocycles. The molecular formula is C22H26F5N3O3. The van der Waals surface area contributed by atoms with Crippen molar-refractivity contribution in [2.45, 2.75) is 70.0 Å². The van der Waals surface area contributed by atoms with Crippen molar-refractivity contribution in [3.05, 3.63) is 28.7 Å². The van der Waals surface area contributed by atoms with E-state index < -0.39 is 29.4 Å². The minimum absolute atomic E-state index is 0.0972. The van der Waals surface area contributed by atoms with E-state index >= 15 is 0 Å². The minimum Gasteiger partial charge on any atom is -0.504 e. The predicted octanol–water partition coefficient (Wildman–Crippen LogP) is 4.64. The van der Waals surface area contributed by atoms with Gasteiger partial charge in [0.05, 0.1) is 11.3 Å². The molecule has 1 aliphatic heterocycles. The summed E-state index contributed by atoms with van der Waals surface area (Å²) in [5.41, 5.74) is -1.58. The summed E-state index contributed by atoms with van der Waals surface area (Å²) in [6.07, 6.45) is -4.22. The third-order valence-electron chi connectivity index (χ3n) is 6.53. The summed E-state index contributed by atoms with van der Waals surface area (Å²) in [5, 5.41) is 13.5. The van der Waals surface area contributed by atoms with Gasteiger partial charge in [0.1, 0.15) is 0 Å². The second kappa shape index (κ2) is 8.73. The van der Waals surface area contributed by atoms with Crippen LogP contribution in [0, 0.1) is 12.8 Å². The summed E-state index contributed by atoms with van der Waals surface area (Å²) < 4.78 is 74.9. The van der Waals surface area contributed by atoms with E-state index in [-0.39, 0.29) is 61.0 Å². The van der Waals surface area contributed by atoms with E-state index in [9.17, 15) is 31.9 Å². The highest BCUT2D eigenvalue weighted by atomic mass is 19.4. The van der Waals surface area contributed by atoms with Gasteiger partial charge in [0.2, 0.25) is 5.92 Å². The normalized spacial score (nSPS) is 20.3. The summed E-state index contributed by atoms with van der Waals surface area (Å²) in [6.45, 7) is 2.50. The number of carbonyl (C=O) groups excluding carboxylic acids is 1. The van der Waals surface area contributed by atoms with Crippen molar-refractivity contribution in [1.82, 2.24) is 14.7 Å². The van der Waals surface area contributed by atoms with Gasteiger partial charge in [-0.3, -0.25) is 9.20 Å². The van der Waals surface area contributed by atoms with E-state index in [0.29, 0.717) is 31.7 Å². The Kier molecular flexibility index (Phi) is 6.28. The largest absolute Gasteiger partial charge is 0.504 e. The smallest absolute Gasteiger partial charge is 0.435 e. The van der Waals surface area contributed by atoms with E-state index in [1.165, 1.54) is 17.4 Å². The van der Waals surface area contributed by atoms with Gasteiger partial charge in [-0.25, -0.2) is 13.8 Å². The summed E-state index contributed by atoms with van der Waals surface area (Å²) >= 11 is 0. The van der Waals surface area contributed by atoms with Crippen LogP contribution in [-0.4, -0.2) is 45.6 Å². The molecule has 0 unspecified atom stereocenters. The van der Waals surface area contributed by atoms with Crippen LogP contribution in [0.15, 0.2) is 6.07 Å². The quantitative estimate of drug-likeness (QED) is 0.632. The molecule has 1 saturated heterocycles. The van der Waals surface area contributed by atoms with Crippen LogP contribution in [0.1, 0.15) is 66.0 Å². The first-order valence-electron chi connectivity index (χ1n) is 11.0. The number of aromatic hydroxyl groups is 1. The van der Waals surface area contributed by atoms with E-state index in [4.69, 9.17) is 4.74 Å². The van der Waals surface area contributed by atoms with Gasteiger partial charge in [0, 0.05) is 37.8 Å². The van der Waals surface area contributed by atoms with Crippen LogP contribution in [0.2, 0.25) is 0 Å². The summed E-state index contributed by atoms with van der Waals surface area (Å²) in [5.74, 6) is -4.39. The first kappa shape index (κ1) is 23.7. The molecule has 182 valence electrons. The molecule has 2 aromatic heterocycles. The third-order valence-corrected chi connectivity index (χ3v) is 6.53. The number of nitrogens with one attached hydrogen (secondary N) is 1. The number of amides is 1. The van der Waals surface area contributed by atoms with Crippen molar-refractivity contribution in [3.8, 4) is 5.75 Å². The van der Waals surface area contributed by atoms with Crippen LogP contribution in [0.4, 0.5) is 22.0 Å². The Morgan fingerprint density at radius 3 is 2.48 bits per heavy atom. The molecule has 2 aliphatic rings. The Balaban J connectivity index is 1.70. The molecule has 0 radical (unpaired) electrons. The maximum absolute atomic E-state index is 13.8. The fourth-order valence-corrected chi connectivity index (χ4v) is 4.73. The Morgan fingerprint density at radius 2 is 1.88 bits per heavy atom. The summed E-state index contributed by atoms with van der Waals surface area (Å²) in [6, 6.07) is 1.17. The van der Waals surface area contributed by atoms with Gasteiger partial charge in [-0.2, -0.15) is 13.2 Å². The third kappa shape index (κ3) is 4.92. The molecule has 6 nitrogen and oxygen atoms in total. The van der Waals surface area contributed by atoms with Crippen molar-refractivity contribution in [2.24, 2.45) is 5.92 Å². The Bertz CT molecular complexity index is 1030. The number of fused-ring (bicyclic) bond motifs is 1. The number of hydrogen-bond acceptors (Lipinski definition) is 4. The van der Waals surface area contributed by atoms with Crippen molar-refractivity contribution in [1.29, 1.82) is 0 Å². The van der Waals surface area contributed by atoms with E-state index in [2.05, 4.69) is 10.3 Å². The maximum Gasteiger partial charge on any atom is 0.435 e. The number of ether oxygens (including phenoxy) is 1. The molecule has 11 heteroatoms. The molecule has 0 bridgehead atoms. The van der Waals surface area contributed by atoms with E-state index in [1.54, 1.807) is 0 Å². The Hall–Kier alpha value is -2.43. The van der Waals surface area contributed by atoms with E-state index in [1.807, 2.05) is 0 Å². The molecule has 0 atom stereocenters. The van der Waals surface area contributed by atoms with Crippen molar-refractivity contribution in [2.75, 3.05) is 13.2 Å². The average Bonchev–Trinajstić information content (AvgIpc) is 3.13. The summed E-state index contributed by atoms with van der Waals surface area (Å²) in [4.78, 5) is 16.4. The van der Waals surface area contributed by atoms with Gasteiger partial charge < -0.3 is 15.2 Å². The number of rotatable bonds is 4. The molecule has 33 heavy (non-hydrogen) atoms. The van der Waals surface area contributed by atoms with Crippen molar-refractivity contribution < 1.29 is 36.6 Å². The van der Waals surface area contributed by atoms with Crippen LogP contribution >= 0.6 is 0 Å². The minimum atomic E-state index is -4.80. The van der Waals surface area contributed by atoms with Crippen LogP contribution in [0.25, 0.3) is 5.65 Å². The number of nitrogens with zero attached hydrogens (tertiary/aromatic N) is 2. The van der Waals surface area contributed by atoms with Crippen LogP contribution in [0.3, 0.4) is 0 Å². The lowest BCUT2D eigenvalue weighted by atomic mass is 9.83. The number of pyridine rings is 1. The fraction of sp³-hybridized carbons (Fsp3) is 0.636. The maximum atomic E-state index is 13.8. The molecule has 2 aromatic rings. The van der Waals surface area contributed by atoms with Crippen molar-refractivity contribution in [3.63, 3.8) is 0 Å². The number of aromatic nitrogens is 2. The number of hydrogen-bond donors (Lipinski definition) is 2. The van der Waals surface area contributed by atoms with Gasteiger partial charge in [-0.15, -0.1) is 0 Å². The zero-order valence-electron chi connectivity index (χ0n) is 18.1. The fourth-order valence-electron chi connectivity index (χ4n) is 4.73. The summed E-state index contributed by atoms with van der Waals surface area (Å²) in [7, 11) is 0. The van der Waals surface area contributed by atoms with E-state index in [0.717, 1.165) is 0 Å². The zero-order valence-corrected chi connectivity index (χ0v) is 18.1. The molecule has 3 heterocycles. The predicted molar refractivity (Wildman–Crippen MR) is 109 cm³/mol. The molecule has 0 aromatic carbocycles. The van der Waals surface area contributed by atoms with Crippen LogP contribution < -0.4 is 5.32 Å². The Labute approximate surface area is 187 Å². The number of carbonyl (C=O) groups is 1. The molecule has 1 amide bonds. The lowest BCUT2D eigenvalue weighted by molar-refractivity contribution is -0.141. The monoisotopic (exact) mass is 475 g/mol. The number of halogens is 5. The Morgan fingerprint density at radius 1 is 1.24 bits per heavy atom. The number of imidazole rings is 1. The molecule has 2 N–H and O–H groups in total. The van der Waals surface area contributed by atoms with Gasteiger partial charge in [0.25, 0.3) is 5.91 Å². The first-order chi connectivity index (χ1) is 15.5. The van der Waals surface area contributed by atoms with Gasteiger partial charge in [-0.05, 0) is 51.0 Å². The van der Waals surface area contributed by atoms with Gasteiger partial charge >= 0.3 is 6.18 Å². The molecule has 1 aliphatic carbocycles. The standard InChI is InChI=1S/C22H26F5N3O3/c1-12-10-15(20(32)28-14-4-8-33-9-5-14)17(31)19-29-18(22(25,26)27)16(30(12)19)11-13-2-6-21(23,24)7-3-13/h10,13-14,31H,2-9,11H2,1H3,(H,28,32). The highest BCUT2D eigenvalue weighted by molar-refractivity contribution is 5.99. The van der Waals surface area contributed by atoms with Crippen LogP contribution in [-0.2, 0) is 17.3 Å². The topological polar surface area (TPSA) is 75.9 Å². The first-order valence-corrected chi connectivity index (χ1v) is 11.0. The second-order valence-corrected chi connectivity index (χ2v) is 8.98.